The van der Waals surface area contributed by atoms with E-state index in [1.807, 2.05) is 0 Å². The van der Waals surface area contributed by atoms with Gasteiger partial charge >= 0.3 is 0 Å². The molecule has 1 aromatic carbocycles. The highest BCUT2D eigenvalue weighted by molar-refractivity contribution is 5.99. The molecule has 1 nitrogen and oxygen atoms in total. The van der Waals surface area contributed by atoms with Gasteiger partial charge in [-0.25, -0.2) is 0 Å². The van der Waals surface area contributed by atoms with Gasteiger partial charge in [0.1, 0.15) is 0 Å². The number of hydrogen-bond acceptors (Lipinski definition) is 1. The monoisotopic (exact) mass is 213 g/mol. The van der Waals surface area contributed by atoms with E-state index in [4.69, 9.17) is 0 Å². The van der Waals surface area contributed by atoms with Gasteiger partial charge < -0.3 is 0 Å². The van der Waals surface area contributed by atoms with Crippen LogP contribution in [0.4, 0.5) is 5.69 Å². The summed E-state index contributed by atoms with van der Waals surface area (Å²) in [5, 5.41) is 0. The van der Waals surface area contributed by atoms with E-state index in [1.54, 1.807) is 0 Å². The molecule has 1 heterocycles. The normalized spacial score (nSPS) is 18.3. The molecule has 0 spiro atoms. The first-order chi connectivity index (χ1) is 7.46. The summed E-state index contributed by atoms with van der Waals surface area (Å²) >= 11 is 0. The van der Waals surface area contributed by atoms with Gasteiger partial charge in [-0.15, -0.1) is 0 Å². The zero-order chi connectivity index (χ0) is 11.9. The Hall–Kier alpha value is -1.37. The molecule has 0 radical (unpaired) electrons. The first-order valence-corrected chi connectivity index (χ1v) is 5.80. The third kappa shape index (κ3) is 1.51. The van der Waals surface area contributed by atoms with Crippen molar-refractivity contribution in [1.29, 1.82) is 0 Å². The van der Waals surface area contributed by atoms with Crippen LogP contribution >= 0.6 is 0 Å². The molecule has 84 valence electrons. The zero-order valence-electron chi connectivity index (χ0n) is 10.8. The molecule has 1 aromatic rings. The van der Waals surface area contributed by atoms with Crippen molar-refractivity contribution in [3.05, 3.63) is 35.4 Å². The molecule has 0 atom stereocenters. The van der Waals surface area contributed by atoms with Gasteiger partial charge in [0.2, 0.25) is 0 Å². The van der Waals surface area contributed by atoms with Crippen LogP contribution in [0.25, 0.3) is 5.57 Å². The lowest BCUT2D eigenvalue weighted by molar-refractivity contribution is 0.733. The van der Waals surface area contributed by atoms with Gasteiger partial charge in [-0.1, -0.05) is 26.0 Å². The molecule has 0 unspecified atom stereocenters. The van der Waals surface area contributed by atoms with E-state index in [0.717, 1.165) is 5.69 Å². The van der Waals surface area contributed by atoms with Crippen molar-refractivity contribution in [2.75, 3.05) is 0 Å². The summed E-state index contributed by atoms with van der Waals surface area (Å²) in [6.07, 6.45) is 2.15. The predicted octanol–water partition coefficient (Wildman–Crippen LogP) is 4.49. The average molecular weight is 213 g/mol. The number of fused-ring (bicyclic) bond motifs is 1. The van der Waals surface area contributed by atoms with E-state index >= 15 is 0 Å². The Morgan fingerprint density at radius 1 is 1.31 bits per heavy atom. The van der Waals surface area contributed by atoms with Crippen LogP contribution in [-0.4, -0.2) is 5.71 Å². The third-order valence-electron chi connectivity index (χ3n) is 3.75. The van der Waals surface area contributed by atoms with Gasteiger partial charge in [0.15, 0.2) is 0 Å². The summed E-state index contributed by atoms with van der Waals surface area (Å²) in [4.78, 5) is 4.63. The Labute approximate surface area is 97.9 Å². The summed E-state index contributed by atoms with van der Waals surface area (Å²) in [6.45, 7) is 10.8. The van der Waals surface area contributed by atoms with Crippen molar-refractivity contribution in [1.82, 2.24) is 0 Å². The van der Waals surface area contributed by atoms with Gasteiger partial charge in [0, 0.05) is 11.1 Å². The first kappa shape index (κ1) is 11.1. The van der Waals surface area contributed by atoms with Crippen LogP contribution in [0.2, 0.25) is 0 Å². The van der Waals surface area contributed by atoms with Crippen molar-refractivity contribution < 1.29 is 0 Å². The summed E-state index contributed by atoms with van der Waals surface area (Å²) in [5.74, 6) is 0. The van der Waals surface area contributed by atoms with E-state index in [1.165, 1.54) is 22.4 Å². The topological polar surface area (TPSA) is 12.4 Å². The lowest BCUT2D eigenvalue weighted by Gasteiger charge is -2.20. The molecule has 0 aromatic heterocycles. The van der Waals surface area contributed by atoms with Crippen LogP contribution in [0.1, 0.15) is 45.7 Å². The molecule has 0 fully saturated rings. The minimum absolute atomic E-state index is 0.0827. The average Bonchev–Trinajstić information content (AvgIpc) is 2.49. The second kappa shape index (κ2) is 3.58. The molecule has 0 saturated carbocycles. The maximum Gasteiger partial charge on any atom is 0.0671 e. The zero-order valence-corrected chi connectivity index (χ0v) is 10.8. The summed E-state index contributed by atoms with van der Waals surface area (Å²) < 4.78 is 0. The molecule has 0 amide bonds. The van der Waals surface area contributed by atoms with Crippen LogP contribution in [0.15, 0.2) is 29.3 Å². The number of aliphatic imine (C=N–C) groups is 1. The van der Waals surface area contributed by atoms with Gasteiger partial charge in [-0.3, -0.25) is 4.99 Å². The smallest absolute Gasteiger partial charge is 0.0671 e. The SMILES string of the molecule is CC=C(C)c1ccc2c(c1)C(C)(C)C(C)=N2. The summed E-state index contributed by atoms with van der Waals surface area (Å²) in [6, 6.07) is 6.58. The maximum atomic E-state index is 4.63. The fourth-order valence-corrected chi connectivity index (χ4v) is 2.06. The third-order valence-corrected chi connectivity index (χ3v) is 3.75. The van der Waals surface area contributed by atoms with Gasteiger partial charge in [-0.05, 0) is 49.6 Å². The molecule has 0 N–H and O–H groups in total. The molecule has 16 heavy (non-hydrogen) atoms. The Morgan fingerprint density at radius 2 is 2.00 bits per heavy atom. The molecule has 0 aliphatic carbocycles. The van der Waals surface area contributed by atoms with E-state index in [9.17, 15) is 0 Å². The lowest BCUT2D eigenvalue weighted by atomic mass is 9.81. The minimum Gasteiger partial charge on any atom is -0.257 e. The molecule has 0 bridgehead atoms. The molecule has 2 rings (SSSR count). The highest BCUT2D eigenvalue weighted by Crippen LogP contribution is 2.40. The quantitative estimate of drug-likeness (QED) is 0.651. The Balaban J connectivity index is 2.57. The Bertz CT molecular complexity index is 490. The fourth-order valence-electron chi connectivity index (χ4n) is 2.06. The van der Waals surface area contributed by atoms with Crippen LogP contribution < -0.4 is 0 Å². The Kier molecular flexibility index (Phi) is 2.49. The maximum absolute atomic E-state index is 4.63. The van der Waals surface area contributed by atoms with Crippen molar-refractivity contribution in [2.45, 2.75) is 40.0 Å². The number of rotatable bonds is 1. The van der Waals surface area contributed by atoms with Crippen molar-refractivity contribution in [3.63, 3.8) is 0 Å². The molecular weight excluding hydrogens is 194 g/mol. The van der Waals surface area contributed by atoms with E-state index in [2.05, 4.69) is 63.9 Å². The van der Waals surface area contributed by atoms with E-state index in [-0.39, 0.29) is 5.41 Å². The van der Waals surface area contributed by atoms with Gasteiger partial charge in [0.05, 0.1) is 5.69 Å². The summed E-state index contributed by atoms with van der Waals surface area (Å²) in [7, 11) is 0. The van der Waals surface area contributed by atoms with Crippen molar-refractivity contribution in [3.8, 4) is 0 Å². The van der Waals surface area contributed by atoms with Gasteiger partial charge in [0.25, 0.3) is 0 Å². The van der Waals surface area contributed by atoms with Gasteiger partial charge in [-0.2, -0.15) is 0 Å². The molecular formula is C15H19N. The van der Waals surface area contributed by atoms with Crippen molar-refractivity contribution >= 4 is 17.0 Å². The molecule has 1 heteroatoms. The highest BCUT2D eigenvalue weighted by atomic mass is 14.8. The number of nitrogens with zero attached hydrogens (tertiary/aromatic N) is 1. The first-order valence-electron chi connectivity index (χ1n) is 5.80. The van der Waals surface area contributed by atoms with Crippen LogP contribution in [0, 0.1) is 0 Å². The van der Waals surface area contributed by atoms with Crippen LogP contribution in [-0.2, 0) is 5.41 Å². The van der Waals surface area contributed by atoms with E-state index < -0.39 is 0 Å². The summed E-state index contributed by atoms with van der Waals surface area (Å²) in [5.41, 5.74) is 6.40. The number of benzene rings is 1. The van der Waals surface area contributed by atoms with Crippen LogP contribution in [0.3, 0.4) is 0 Å². The second-order valence-electron chi connectivity index (χ2n) is 5.03. The highest BCUT2D eigenvalue weighted by Gasteiger charge is 2.32. The van der Waals surface area contributed by atoms with Crippen LogP contribution in [0.5, 0.6) is 0 Å². The Morgan fingerprint density at radius 3 is 2.62 bits per heavy atom. The predicted molar refractivity (Wildman–Crippen MR) is 71.6 cm³/mol. The number of allylic oxidation sites excluding steroid dienone is 2. The van der Waals surface area contributed by atoms with E-state index in [0.29, 0.717) is 0 Å². The lowest BCUT2D eigenvalue weighted by Crippen LogP contribution is -2.22. The van der Waals surface area contributed by atoms with Crippen molar-refractivity contribution in [2.24, 2.45) is 4.99 Å². The molecule has 1 aliphatic heterocycles. The standard InChI is InChI=1S/C15H19N/c1-6-10(2)12-7-8-14-13(9-12)15(4,5)11(3)16-14/h6-9H,1-5H3. The molecule has 1 aliphatic rings. The fraction of sp³-hybridized carbons (Fsp3) is 0.400. The number of hydrogen-bond donors (Lipinski definition) is 0. The minimum atomic E-state index is 0.0827. The largest absolute Gasteiger partial charge is 0.257 e. The second-order valence-corrected chi connectivity index (χ2v) is 5.03. The molecule has 0 saturated heterocycles.